The number of nitrogens with zero attached hydrogens (tertiary/aromatic N) is 1. The first-order valence-corrected chi connectivity index (χ1v) is 7.79. The highest BCUT2D eigenvalue weighted by molar-refractivity contribution is 5.24. The zero-order valence-electron chi connectivity index (χ0n) is 12.8. The second-order valence-electron chi connectivity index (χ2n) is 6.23. The van der Waals surface area contributed by atoms with E-state index in [1.807, 2.05) is 24.3 Å². The largest absolute Gasteiger partial charge is 0.387 e. The van der Waals surface area contributed by atoms with Gasteiger partial charge in [-0.25, -0.2) is 0 Å². The minimum absolute atomic E-state index is 0.416. The molecule has 1 aromatic rings. The molecule has 20 heavy (non-hydrogen) atoms. The van der Waals surface area contributed by atoms with E-state index in [9.17, 15) is 5.11 Å². The maximum absolute atomic E-state index is 10.4. The molecule has 0 bridgehead atoms. The topological polar surface area (TPSA) is 49.5 Å². The number of aliphatic hydroxyl groups excluding tert-OH is 1. The van der Waals surface area contributed by atoms with Crippen molar-refractivity contribution >= 4 is 0 Å². The van der Waals surface area contributed by atoms with Gasteiger partial charge < -0.3 is 15.7 Å². The summed E-state index contributed by atoms with van der Waals surface area (Å²) >= 11 is 0. The van der Waals surface area contributed by atoms with Gasteiger partial charge >= 0.3 is 0 Å². The first-order valence-electron chi connectivity index (χ1n) is 7.79. The molecular weight excluding hydrogens is 248 g/mol. The van der Waals surface area contributed by atoms with Gasteiger partial charge in [0.05, 0.1) is 6.10 Å². The normalized spacial score (nSPS) is 24.9. The number of aliphatic hydroxyl groups is 1. The fourth-order valence-corrected chi connectivity index (χ4v) is 3.34. The Labute approximate surface area is 122 Å². The van der Waals surface area contributed by atoms with E-state index < -0.39 is 6.10 Å². The molecule has 1 saturated carbocycles. The fourth-order valence-electron chi connectivity index (χ4n) is 3.34. The Kier molecular flexibility index (Phi) is 5.58. The van der Waals surface area contributed by atoms with E-state index in [1.165, 1.54) is 25.7 Å². The van der Waals surface area contributed by atoms with E-state index in [2.05, 4.69) is 18.9 Å². The Morgan fingerprint density at radius 2 is 1.90 bits per heavy atom. The van der Waals surface area contributed by atoms with Crippen LogP contribution in [-0.4, -0.2) is 29.6 Å². The Bertz CT molecular complexity index is 404. The molecule has 3 atom stereocenters. The SMILES string of the molecule is CC1CCCCC1N(C)CC(O)c1ccc(CN)cc1. The van der Waals surface area contributed by atoms with Gasteiger partial charge in [-0.2, -0.15) is 0 Å². The highest BCUT2D eigenvalue weighted by Gasteiger charge is 2.26. The first-order chi connectivity index (χ1) is 9.61. The molecule has 1 aliphatic rings. The molecule has 2 rings (SSSR count). The molecule has 0 spiro atoms. The zero-order valence-corrected chi connectivity index (χ0v) is 12.8. The summed E-state index contributed by atoms with van der Waals surface area (Å²) in [6, 6.07) is 8.60. The van der Waals surface area contributed by atoms with Gasteiger partial charge in [0, 0.05) is 19.1 Å². The molecule has 1 fully saturated rings. The summed E-state index contributed by atoms with van der Waals surface area (Å²) in [5, 5.41) is 10.4. The molecule has 3 nitrogen and oxygen atoms in total. The molecule has 1 aliphatic carbocycles. The van der Waals surface area contributed by atoms with Crippen molar-refractivity contribution in [3.05, 3.63) is 35.4 Å². The number of nitrogens with two attached hydrogens (primary N) is 1. The van der Waals surface area contributed by atoms with Gasteiger partial charge in [0.1, 0.15) is 0 Å². The molecule has 112 valence electrons. The lowest BCUT2D eigenvalue weighted by atomic mass is 9.85. The van der Waals surface area contributed by atoms with Crippen LogP contribution in [0, 0.1) is 5.92 Å². The van der Waals surface area contributed by atoms with Crippen LogP contribution >= 0.6 is 0 Å². The second-order valence-corrected chi connectivity index (χ2v) is 6.23. The van der Waals surface area contributed by atoms with E-state index in [4.69, 9.17) is 5.73 Å². The van der Waals surface area contributed by atoms with Crippen LogP contribution in [0.15, 0.2) is 24.3 Å². The molecule has 0 aliphatic heterocycles. The van der Waals surface area contributed by atoms with Crippen molar-refractivity contribution in [1.82, 2.24) is 4.90 Å². The maximum atomic E-state index is 10.4. The van der Waals surface area contributed by atoms with Crippen LogP contribution in [0.5, 0.6) is 0 Å². The quantitative estimate of drug-likeness (QED) is 0.869. The lowest BCUT2D eigenvalue weighted by Crippen LogP contribution is -2.41. The van der Waals surface area contributed by atoms with Crippen LogP contribution < -0.4 is 5.73 Å². The van der Waals surface area contributed by atoms with Crippen LogP contribution in [0.1, 0.15) is 49.8 Å². The van der Waals surface area contributed by atoms with Crippen LogP contribution in [0.4, 0.5) is 0 Å². The van der Waals surface area contributed by atoms with E-state index in [0.717, 1.165) is 17.0 Å². The fraction of sp³-hybridized carbons (Fsp3) is 0.647. The van der Waals surface area contributed by atoms with Crippen LogP contribution in [0.25, 0.3) is 0 Å². The highest BCUT2D eigenvalue weighted by Crippen LogP contribution is 2.28. The lowest BCUT2D eigenvalue weighted by Gasteiger charge is -2.37. The average molecular weight is 276 g/mol. The predicted octanol–water partition coefficient (Wildman–Crippen LogP) is 2.69. The van der Waals surface area contributed by atoms with E-state index in [1.54, 1.807) is 0 Å². The summed E-state index contributed by atoms with van der Waals surface area (Å²) < 4.78 is 0. The molecule has 1 aromatic carbocycles. The van der Waals surface area contributed by atoms with Crippen molar-refractivity contribution in [2.24, 2.45) is 11.7 Å². The van der Waals surface area contributed by atoms with E-state index in [0.29, 0.717) is 19.1 Å². The molecule has 0 radical (unpaired) electrons. The van der Waals surface area contributed by atoms with E-state index in [-0.39, 0.29) is 0 Å². The molecule has 0 heterocycles. The molecular formula is C17H28N2O. The summed E-state index contributed by atoms with van der Waals surface area (Å²) in [6.45, 7) is 3.59. The Morgan fingerprint density at radius 1 is 1.25 bits per heavy atom. The van der Waals surface area contributed by atoms with Crippen LogP contribution in [0.2, 0.25) is 0 Å². The molecule has 0 amide bonds. The Hall–Kier alpha value is -0.900. The van der Waals surface area contributed by atoms with Crippen molar-refractivity contribution < 1.29 is 5.11 Å². The number of benzene rings is 1. The van der Waals surface area contributed by atoms with Gasteiger partial charge in [0.15, 0.2) is 0 Å². The van der Waals surface area contributed by atoms with Crippen LogP contribution in [-0.2, 0) is 6.54 Å². The summed E-state index contributed by atoms with van der Waals surface area (Å²) in [7, 11) is 2.14. The number of hydrogen-bond acceptors (Lipinski definition) is 3. The third-order valence-corrected chi connectivity index (χ3v) is 4.69. The van der Waals surface area contributed by atoms with Gasteiger partial charge in [-0.1, -0.05) is 44.0 Å². The van der Waals surface area contributed by atoms with Crippen molar-refractivity contribution in [3.8, 4) is 0 Å². The van der Waals surface area contributed by atoms with Crippen molar-refractivity contribution in [3.63, 3.8) is 0 Å². The van der Waals surface area contributed by atoms with Crippen LogP contribution in [0.3, 0.4) is 0 Å². The number of hydrogen-bond donors (Lipinski definition) is 2. The third kappa shape index (κ3) is 3.81. The van der Waals surface area contributed by atoms with Gasteiger partial charge in [-0.05, 0) is 36.9 Å². The molecule has 3 unspecified atom stereocenters. The summed E-state index contributed by atoms with van der Waals surface area (Å²) in [6.07, 6.45) is 4.84. The molecule has 3 N–H and O–H groups in total. The monoisotopic (exact) mass is 276 g/mol. The molecule has 0 aromatic heterocycles. The lowest BCUT2D eigenvalue weighted by molar-refractivity contribution is 0.0710. The number of likely N-dealkylation sites (N-methyl/N-ethyl adjacent to an activating group) is 1. The standard InChI is InChI=1S/C17H28N2O/c1-13-5-3-4-6-16(13)19(2)12-17(20)15-9-7-14(11-18)8-10-15/h7-10,13,16-17,20H,3-6,11-12,18H2,1-2H3. The zero-order chi connectivity index (χ0) is 14.5. The minimum Gasteiger partial charge on any atom is -0.387 e. The Morgan fingerprint density at radius 3 is 2.50 bits per heavy atom. The van der Waals surface area contributed by atoms with Gasteiger partial charge in [0.25, 0.3) is 0 Å². The summed E-state index contributed by atoms with van der Waals surface area (Å²) in [4.78, 5) is 2.34. The maximum Gasteiger partial charge on any atom is 0.0916 e. The number of rotatable bonds is 5. The smallest absolute Gasteiger partial charge is 0.0916 e. The molecule has 0 saturated heterocycles. The van der Waals surface area contributed by atoms with Gasteiger partial charge in [-0.15, -0.1) is 0 Å². The van der Waals surface area contributed by atoms with Gasteiger partial charge in [0.2, 0.25) is 0 Å². The van der Waals surface area contributed by atoms with Crippen molar-refractivity contribution in [2.75, 3.05) is 13.6 Å². The summed E-state index contributed by atoms with van der Waals surface area (Å²) in [5.41, 5.74) is 7.69. The van der Waals surface area contributed by atoms with Gasteiger partial charge in [-0.3, -0.25) is 0 Å². The average Bonchev–Trinajstić information content (AvgIpc) is 2.47. The minimum atomic E-state index is -0.416. The summed E-state index contributed by atoms with van der Waals surface area (Å²) in [5.74, 6) is 0.737. The Balaban J connectivity index is 1.93. The highest BCUT2D eigenvalue weighted by atomic mass is 16.3. The van der Waals surface area contributed by atoms with Crippen molar-refractivity contribution in [2.45, 2.75) is 51.3 Å². The van der Waals surface area contributed by atoms with Crippen molar-refractivity contribution in [1.29, 1.82) is 0 Å². The second kappa shape index (κ2) is 7.21. The predicted molar refractivity (Wildman–Crippen MR) is 83.3 cm³/mol. The van der Waals surface area contributed by atoms with E-state index >= 15 is 0 Å². The third-order valence-electron chi connectivity index (χ3n) is 4.69. The first kappa shape index (κ1) is 15.5. The molecule has 3 heteroatoms.